The fourth-order valence-electron chi connectivity index (χ4n) is 2.78. The van der Waals surface area contributed by atoms with Crippen LogP contribution in [0.1, 0.15) is 36.1 Å². The van der Waals surface area contributed by atoms with Crippen LogP contribution >= 0.6 is 27.3 Å². The van der Waals surface area contributed by atoms with Gasteiger partial charge in [-0.15, -0.1) is 11.3 Å². The van der Waals surface area contributed by atoms with Crippen molar-refractivity contribution in [1.29, 1.82) is 0 Å². The molecular weight excluding hydrogens is 376 g/mol. The molecule has 0 saturated heterocycles. The third kappa shape index (κ3) is 2.90. The number of halogens is 1. The maximum absolute atomic E-state index is 12.4. The van der Waals surface area contributed by atoms with Gasteiger partial charge in [0.05, 0.1) is 27.1 Å². The minimum Gasteiger partial charge on any atom is -0.347 e. The normalized spacial score (nSPS) is 21.3. The van der Waals surface area contributed by atoms with E-state index in [0.29, 0.717) is 0 Å². The van der Waals surface area contributed by atoms with Crippen LogP contribution in [0.4, 0.5) is 0 Å². The van der Waals surface area contributed by atoms with Gasteiger partial charge in [0.2, 0.25) is 5.91 Å². The molecule has 1 amide bonds. The predicted octanol–water partition coefficient (Wildman–Crippen LogP) is 3.76. The molecule has 1 fully saturated rings. The number of H-pyrrole nitrogens is 1. The predicted molar refractivity (Wildman–Crippen MR) is 93.3 cm³/mol. The van der Waals surface area contributed by atoms with Gasteiger partial charge < -0.3 is 10.3 Å². The number of nitrogens with zero attached hydrogens (tertiary/aromatic N) is 2. The van der Waals surface area contributed by atoms with Crippen LogP contribution in [0.3, 0.4) is 0 Å². The topological polar surface area (TPSA) is 70.7 Å². The molecule has 3 aromatic rings. The Morgan fingerprint density at radius 1 is 1.48 bits per heavy atom. The first-order valence-electron chi connectivity index (χ1n) is 7.48. The number of thiazole rings is 1. The summed E-state index contributed by atoms with van der Waals surface area (Å²) in [6, 6.07) is 7.87. The van der Waals surface area contributed by atoms with E-state index in [1.165, 1.54) is 0 Å². The molecule has 2 N–H and O–H groups in total. The van der Waals surface area contributed by atoms with Crippen molar-refractivity contribution >= 4 is 44.2 Å². The number of benzene rings is 1. The summed E-state index contributed by atoms with van der Waals surface area (Å²) in [7, 11) is 0. The molecule has 5 nitrogen and oxygen atoms in total. The van der Waals surface area contributed by atoms with Crippen molar-refractivity contribution in [3.05, 3.63) is 45.1 Å². The molecule has 0 bridgehead atoms. The number of hydrogen-bond donors (Lipinski definition) is 2. The molecule has 2 heterocycles. The SMILES string of the molecule is C[C@@H](NC(=O)C1CC1c1nc2ccccc2[nH]1)c1ncc(Br)s1. The maximum Gasteiger partial charge on any atom is 0.224 e. The van der Waals surface area contributed by atoms with Crippen molar-refractivity contribution in [3.63, 3.8) is 0 Å². The number of fused-ring (bicyclic) bond motifs is 1. The van der Waals surface area contributed by atoms with Crippen LogP contribution in [-0.4, -0.2) is 20.9 Å². The summed E-state index contributed by atoms with van der Waals surface area (Å²) >= 11 is 4.94. The Bertz CT molecular complexity index is 841. The van der Waals surface area contributed by atoms with Crippen molar-refractivity contribution < 1.29 is 4.79 Å². The van der Waals surface area contributed by atoms with Crippen molar-refractivity contribution in [2.75, 3.05) is 0 Å². The number of carbonyl (C=O) groups is 1. The molecule has 2 unspecified atom stereocenters. The first-order chi connectivity index (χ1) is 11.1. The lowest BCUT2D eigenvalue weighted by atomic mass is 10.2. The summed E-state index contributed by atoms with van der Waals surface area (Å²) < 4.78 is 0.972. The third-order valence-corrected chi connectivity index (χ3v) is 5.77. The van der Waals surface area contributed by atoms with Gasteiger partial charge in [0.15, 0.2) is 0 Å². The van der Waals surface area contributed by atoms with E-state index < -0.39 is 0 Å². The molecule has 0 aliphatic heterocycles. The van der Waals surface area contributed by atoms with Crippen molar-refractivity contribution in [3.8, 4) is 0 Å². The van der Waals surface area contributed by atoms with Gasteiger partial charge in [-0.3, -0.25) is 4.79 Å². The number of para-hydroxylation sites is 2. The minimum atomic E-state index is -0.0734. The molecular formula is C16H15BrN4OS. The lowest BCUT2D eigenvalue weighted by molar-refractivity contribution is -0.123. The fraction of sp³-hybridized carbons (Fsp3) is 0.312. The lowest BCUT2D eigenvalue weighted by Gasteiger charge is -2.10. The number of rotatable bonds is 4. The number of amides is 1. The zero-order valence-corrected chi connectivity index (χ0v) is 14.8. The zero-order valence-electron chi connectivity index (χ0n) is 12.4. The second-order valence-electron chi connectivity index (χ2n) is 5.82. The molecule has 1 aromatic carbocycles. The highest BCUT2D eigenvalue weighted by Gasteiger charge is 2.46. The highest BCUT2D eigenvalue weighted by molar-refractivity contribution is 9.11. The van der Waals surface area contributed by atoms with E-state index in [2.05, 4.69) is 36.2 Å². The molecule has 0 radical (unpaired) electrons. The van der Waals surface area contributed by atoms with Crippen LogP contribution in [0.15, 0.2) is 34.2 Å². The minimum absolute atomic E-state index is 0.00131. The van der Waals surface area contributed by atoms with E-state index in [-0.39, 0.29) is 23.8 Å². The van der Waals surface area contributed by atoms with Crippen LogP contribution < -0.4 is 5.32 Å². The van der Waals surface area contributed by atoms with Gasteiger partial charge in [-0.25, -0.2) is 9.97 Å². The monoisotopic (exact) mass is 390 g/mol. The molecule has 2 aromatic heterocycles. The van der Waals surface area contributed by atoms with Crippen LogP contribution in [0.2, 0.25) is 0 Å². The molecule has 7 heteroatoms. The van der Waals surface area contributed by atoms with Crippen LogP contribution in [0.25, 0.3) is 11.0 Å². The Morgan fingerprint density at radius 2 is 2.30 bits per heavy atom. The molecule has 4 rings (SSSR count). The van der Waals surface area contributed by atoms with Crippen molar-refractivity contribution in [2.24, 2.45) is 5.92 Å². The fourth-order valence-corrected chi connectivity index (χ4v) is 4.03. The van der Waals surface area contributed by atoms with Crippen LogP contribution in [-0.2, 0) is 4.79 Å². The van der Waals surface area contributed by atoms with Crippen LogP contribution in [0.5, 0.6) is 0 Å². The summed E-state index contributed by atoms with van der Waals surface area (Å²) in [5.74, 6) is 1.18. The molecule has 23 heavy (non-hydrogen) atoms. The quantitative estimate of drug-likeness (QED) is 0.712. The molecule has 1 aliphatic rings. The highest BCUT2D eigenvalue weighted by atomic mass is 79.9. The van der Waals surface area contributed by atoms with Gasteiger partial charge in [0.25, 0.3) is 0 Å². The van der Waals surface area contributed by atoms with E-state index in [1.807, 2.05) is 31.2 Å². The van der Waals surface area contributed by atoms with Crippen molar-refractivity contribution in [1.82, 2.24) is 20.3 Å². The van der Waals surface area contributed by atoms with Gasteiger partial charge >= 0.3 is 0 Å². The number of hydrogen-bond acceptors (Lipinski definition) is 4. The van der Waals surface area contributed by atoms with E-state index in [9.17, 15) is 4.79 Å². The first kappa shape index (κ1) is 14.8. The number of nitrogens with one attached hydrogen (secondary N) is 2. The number of aromatic amines is 1. The average Bonchev–Trinajstić information content (AvgIpc) is 3.03. The van der Waals surface area contributed by atoms with E-state index in [4.69, 9.17) is 0 Å². The molecule has 3 atom stereocenters. The van der Waals surface area contributed by atoms with Gasteiger partial charge in [-0.2, -0.15) is 0 Å². The summed E-state index contributed by atoms with van der Waals surface area (Å²) in [5.41, 5.74) is 1.98. The Kier molecular flexibility index (Phi) is 3.69. The summed E-state index contributed by atoms with van der Waals surface area (Å²) in [6.07, 6.45) is 2.61. The molecule has 1 aliphatic carbocycles. The van der Waals surface area contributed by atoms with E-state index in [1.54, 1.807) is 17.5 Å². The van der Waals surface area contributed by atoms with Gasteiger partial charge in [-0.1, -0.05) is 12.1 Å². The molecule has 1 saturated carbocycles. The second-order valence-corrected chi connectivity index (χ2v) is 8.26. The standard InChI is InChI=1S/C16H15BrN4OS/c1-8(16-18-7-13(17)23-16)19-15(22)10-6-9(10)14-20-11-4-2-3-5-12(11)21-14/h2-5,7-10H,6H2,1H3,(H,19,22)(H,20,21)/t8-,9?,10?/m1/s1. The van der Waals surface area contributed by atoms with E-state index in [0.717, 1.165) is 32.1 Å². The van der Waals surface area contributed by atoms with E-state index >= 15 is 0 Å². The summed E-state index contributed by atoms with van der Waals surface area (Å²) in [6.45, 7) is 1.96. The van der Waals surface area contributed by atoms with Crippen LogP contribution in [0, 0.1) is 5.92 Å². The molecule has 0 spiro atoms. The highest BCUT2D eigenvalue weighted by Crippen LogP contribution is 2.47. The Balaban J connectivity index is 1.43. The van der Waals surface area contributed by atoms with Gasteiger partial charge in [0, 0.05) is 11.8 Å². The number of carbonyl (C=O) groups excluding carboxylic acids is 1. The summed E-state index contributed by atoms with van der Waals surface area (Å²) in [4.78, 5) is 24.6. The average molecular weight is 391 g/mol. The van der Waals surface area contributed by atoms with Gasteiger partial charge in [-0.05, 0) is 41.4 Å². The second kappa shape index (κ2) is 5.72. The Labute approximate surface area is 145 Å². The number of aromatic nitrogens is 3. The number of imidazole rings is 1. The van der Waals surface area contributed by atoms with Gasteiger partial charge in [0.1, 0.15) is 10.8 Å². The smallest absolute Gasteiger partial charge is 0.224 e. The largest absolute Gasteiger partial charge is 0.347 e. The molecule has 118 valence electrons. The third-order valence-electron chi connectivity index (χ3n) is 4.11. The Hall–Kier alpha value is -1.73. The summed E-state index contributed by atoms with van der Waals surface area (Å²) in [5, 5.41) is 3.96. The first-order valence-corrected chi connectivity index (χ1v) is 9.09. The Morgan fingerprint density at radius 3 is 3.04 bits per heavy atom. The lowest BCUT2D eigenvalue weighted by Crippen LogP contribution is -2.28. The maximum atomic E-state index is 12.4. The van der Waals surface area contributed by atoms with Crippen molar-refractivity contribution in [2.45, 2.75) is 25.3 Å². The zero-order chi connectivity index (χ0) is 16.0.